The molecule has 0 unspecified atom stereocenters. The first-order valence-corrected chi connectivity index (χ1v) is 13.6. The number of rotatable bonds is 6. The number of ether oxygens (including phenoxy) is 3. The highest BCUT2D eigenvalue weighted by molar-refractivity contribution is 5.94. The zero-order valence-electron chi connectivity index (χ0n) is 22.6. The normalized spacial score (nSPS) is 40.2. The molecule has 0 spiro atoms. The van der Waals surface area contributed by atoms with Crippen molar-refractivity contribution in [3.63, 3.8) is 0 Å². The Kier molecular flexibility index (Phi) is 7.42. The van der Waals surface area contributed by atoms with Gasteiger partial charge in [-0.25, -0.2) is 0 Å². The van der Waals surface area contributed by atoms with Gasteiger partial charge in [-0.05, 0) is 80.1 Å². The lowest BCUT2D eigenvalue weighted by Crippen LogP contribution is -2.57. The summed E-state index contributed by atoms with van der Waals surface area (Å²) in [6.45, 7) is 9.55. The van der Waals surface area contributed by atoms with Gasteiger partial charge in [0.2, 0.25) is 0 Å². The van der Waals surface area contributed by atoms with Gasteiger partial charge in [-0.1, -0.05) is 26.3 Å². The number of allylic oxidation sites excluding steroid dienone is 2. The zero-order valence-corrected chi connectivity index (χ0v) is 22.6. The van der Waals surface area contributed by atoms with Gasteiger partial charge in [-0.2, -0.15) is 0 Å². The van der Waals surface area contributed by atoms with E-state index in [0.717, 1.165) is 32.1 Å². The molecule has 0 saturated heterocycles. The molecule has 0 aliphatic heterocycles. The number of ketones is 1. The predicted molar refractivity (Wildman–Crippen MR) is 132 cm³/mol. The predicted octanol–water partition coefficient (Wildman–Crippen LogP) is 4.81. The zero-order chi connectivity index (χ0) is 26.4. The Labute approximate surface area is 214 Å². The average molecular weight is 503 g/mol. The van der Waals surface area contributed by atoms with Crippen LogP contribution in [0.2, 0.25) is 0 Å². The molecule has 0 heterocycles. The molecule has 4 aliphatic rings. The summed E-state index contributed by atoms with van der Waals surface area (Å²) in [5, 5.41) is 0. The van der Waals surface area contributed by atoms with Crippen molar-refractivity contribution in [3.05, 3.63) is 11.6 Å². The van der Waals surface area contributed by atoms with Crippen LogP contribution in [0.1, 0.15) is 86.0 Å². The highest BCUT2D eigenvalue weighted by Gasteiger charge is 2.64. The van der Waals surface area contributed by atoms with Crippen LogP contribution >= 0.6 is 0 Å². The molecule has 0 aromatic rings. The molecule has 0 radical (unpaired) electrons. The number of methoxy groups -OCH3 is 1. The average Bonchev–Trinajstić information content (AvgIpc) is 3.17. The third kappa shape index (κ3) is 4.51. The number of fused-ring (bicyclic) bond motifs is 5. The van der Waals surface area contributed by atoms with E-state index in [1.807, 2.05) is 6.08 Å². The number of esters is 3. The van der Waals surface area contributed by atoms with Crippen LogP contribution in [0.15, 0.2) is 11.6 Å². The van der Waals surface area contributed by atoms with Crippen molar-refractivity contribution < 1.29 is 33.4 Å². The fourth-order valence-electron chi connectivity index (χ4n) is 8.60. The minimum Gasteiger partial charge on any atom is -0.469 e. The molecular weight excluding hydrogens is 460 g/mol. The standard InChI is InChI=1S/C29H42O7/c1-16(7-10-27(33)34-6)21-8-9-22-20-14-25(32)24-13-19(35-17(2)30)11-12-28(24,4)23(20)15-26(29(21,22)5)36-18(3)31/h14,16,19,21-24,26H,7-13,15H2,1-6H3/t16-,19-,21-,22+,23+,24+,26+,28-,29-/m1/s1. The number of carbonyl (C=O) groups is 4. The van der Waals surface area contributed by atoms with Crippen LogP contribution in [0.4, 0.5) is 0 Å². The van der Waals surface area contributed by atoms with E-state index >= 15 is 0 Å². The van der Waals surface area contributed by atoms with Crippen molar-refractivity contribution in [2.45, 2.75) is 98.2 Å². The summed E-state index contributed by atoms with van der Waals surface area (Å²) < 4.78 is 16.5. The van der Waals surface area contributed by atoms with Crippen molar-refractivity contribution in [1.82, 2.24) is 0 Å². The molecule has 200 valence electrons. The maximum atomic E-state index is 13.5. The molecule has 0 N–H and O–H groups in total. The third-order valence-electron chi connectivity index (χ3n) is 10.4. The molecule has 9 atom stereocenters. The molecule has 7 nitrogen and oxygen atoms in total. The Hall–Kier alpha value is -2.18. The van der Waals surface area contributed by atoms with E-state index in [0.29, 0.717) is 19.3 Å². The van der Waals surface area contributed by atoms with Crippen LogP contribution in [0.3, 0.4) is 0 Å². The van der Waals surface area contributed by atoms with Gasteiger partial charge in [0.05, 0.1) is 7.11 Å². The summed E-state index contributed by atoms with van der Waals surface area (Å²) in [6.07, 6.45) is 7.29. The molecule has 0 aromatic carbocycles. The highest BCUT2D eigenvalue weighted by atomic mass is 16.5. The second kappa shape index (κ2) is 9.94. The maximum Gasteiger partial charge on any atom is 0.305 e. The number of carbonyl (C=O) groups excluding carboxylic acids is 4. The lowest BCUT2D eigenvalue weighted by Gasteiger charge is -2.59. The molecule has 0 amide bonds. The molecule has 36 heavy (non-hydrogen) atoms. The van der Waals surface area contributed by atoms with Crippen molar-refractivity contribution >= 4 is 23.7 Å². The molecular formula is C29H42O7. The van der Waals surface area contributed by atoms with E-state index < -0.39 is 0 Å². The van der Waals surface area contributed by atoms with Gasteiger partial charge in [0.25, 0.3) is 0 Å². The Morgan fingerprint density at radius 1 is 1.00 bits per heavy atom. The second-order valence-corrected chi connectivity index (χ2v) is 12.2. The largest absolute Gasteiger partial charge is 0.469 e. The van der Waals surface area contributed by atoms with Gasteiger partial charge in [0, 0.05) is 31.6 Å². The van der Waals surface area contributed by atoms with Gasteiger partial charge in [-0.15, -0.1) is 0 Å². The first-order chi connectivity index (χ1) is 16.9. The number of hydrogen-bond acceptors (Lipinski definition) is 7. The van der Waals surface area contributed by atoms with Crippen LogP contribution in [0.5, 0.6) is 0 Å². The van der Waals surface area contributed by atoms with Gasteiger partial charge in [-0.3, -0.25) is 19.2 Å². The van der Waals surface area contributed by atoms with Crippen LogP contribution in [-0.2, 0) is 33.4 Å². The fourth-order valence-corrected chi connectivity index (χ4v) is 8.60. The van der Waals surface area contributed by atoms with Gasteiger partial charge in [0.15, 0.2) is 5.78 Å². The summed E-state index contributed by atoms with van der Waals surface area (Å²) in [4.78, 5) is 49.2. The first kappa shape index (κ1) is 26.9. The van der Waals surface area contributed by atoms with Crippen LogP contribution in [-0.4, -0.2) is 43.0 Å². The van der Waals surface area contributed by atoms with E-state index in [-0.39, 0.29) is 76.3 Å². The molecule has 7 heteroatoms. The summed E-state index contributed by atoms with van der Waals surface area (Å²) in [7, 11) is 1.41. The first-order valence-electron chi connectivity index (χ1n) is 13.6. The lowest BCUT2D eigenvalue weighted by atomic mass is 9.46. The third-order valence-corrected chi connectivity index (χ3v) is 10.4. The summed E-state index contributed by atoms with van der Waals surface area (Å²) >= 11 is 0. The van der Waals surface area contributed by atoms with Gasteiger partial charge in [0.1, 0.15) is 12.2 Å². The van der Waals surface area contributed by atoms with E-state index in [2.05, 4.69) is 20.8 Å². The van der Waals surface area contributed by atoms with Crippen molar-refractivity contribution in [3.8, 4) is 0 Å². The summed E-state index contributed by atoms with van der Waals surface area (Å²) in [6, 6.07) is 0. The van der Waals surface area contributed by atoms with Crippen molar-refractivity contribution in [2.75, 3.05) is 7.11 Å². The van der Waals surface area contributed by atoms with Crippen LogP contribution < -0.4 is 0 Å². The Balaban J connectivity index is 1.67. The van der Waals surface area contributed by atoms with Crippen molar-refractivity contribution in [1.29, 1.82) is 0 Å². The fraction of sp³-hybridized carbons (Fsp3) is 0.793. The van der Waals surface area contributed by atoms with Crippen LogP contribution in [0.25, 0.3) is 0 Å². The molecule has 0 bridgehead atoms. The number of hydrogen-bond donors (Lipinski definition) is 0. The molecule has 3 fully saturated rings. The Bertz CT molecular complexity index is 953. The SMILES string of the molecule is COC(=O)CC[C@@H](C)[C@H]1CC[C@H]2C3=CC(=O)[C@@H]4C[C@H](OC(C)=O)CC[C@]4(C)[C@H]3C[C@H](OC(C)=O)[C@]12C. The lowest BCUT2D eigenvalue weighted by molar-refractivity contribution is -0.170. The quantitative estimate of drug-likeness (QED) is 0.380. The summed E-state index contributed by atoms with van der Waals surface area (Å²) in [5.74, 6) is 0.0424. The van der Waals surface area contributed by atoms with E-state index in [1.165, 1.54) is 26.5 Å². The van der Waals surface area contributed by atoms with Crippen molar-refractivity contribution in [2.24, 2.45) is 40.4 Å². The minimum absolute atomic E-state index is 0.149. The van der Waals surface area contributed by atoms with Crippen LogP contribution in [0, 0.1) is 40.4 Å². The Morgan fingerprint density at radius 3 is 2.33 bits per heavy atom. The molecule has 4 rings (SSSR count). The minimum atomic E-state index is -0.301. The molecule has 0 aromatic heterocycles. The van der Waals surface area contributed by atoms with E-state index in [4.69, 9.17) is 14.2 Å². The molecule has 4 aliphatic carbocycles. The van der Waals surface area contributed by atoms with E-state index in [9.17, 15) is 19.2 Å². The van der Waals surface area contributed by atoms with Gasteiger partial charge < -0.3 is 14.2 Å². The monoisotopic (exact) mass is 502 g/mol. The Morgan fingerprint density at radius 2 is 1.69 bits per heavy atom. The van der Waals surface area contributed by atoms with Gasteiger partial charge >= 0.3 is 17.9 Å². The second-order valence-electron chi connectivity index (χ2n) is 12.2. The molecule has 3 saturated carbocycles. The summed E-state index contributed by atoms with van der Waals surface area (Å²) in [5.41, 5.74) is 0.701. The highest BCUT2D eigenvalue weighted by Crippen LogP contribution is 2.67. The maximum absolute atomic E-state index is 13.5. The van der Waals surface area contributed by atoms with E-state index in [1.54, 1.807) is 0 Å². The topological polar surface area (TPSA) is 96.0 Å². The smallest absolute Gasteiger partial charge is 0.305 e.